The van der Waals surface area contributed by atoms with Gasteiger partial charge in [-0.05, 0) is 56.0 Å². The van der Waals surface area contributed by atoms with Crippen molar-refractivity contribution in [2.75, 3.05) is 4.72 Å². The molecule has 0 bridgehead atoms. The minimum atomic E-state index is -3.92. The quantitative estimate of drug-likeness (QED) is 0.929. The lowest BCUT2D eigenvalue weighted by Gasteiger charge is -2.18. The van der Waals surface area contributed by atoms with Crippen LogP contribution in [0.4, 0.5) is 5.69 Å². The highest BCUT2D eigenvalue weighted by Gasteiger charge is 2.23. The average Bonchev–Trinajstić information content (AvgIpc) is 2.45. The lowest BCUT2D eigenvalue weighted by atomic mass is 10.0. The minimum absolute atomic E-state index is 0.00883. The van der Waals surface area contributed by atoms with Crippen molar-refractivity contribution in [2.45, 2.75) is 32.6 Å². The summed E-state index contributed by atoms with van der Waals surface area (Å²) in [5.74, 6) is -1.43. The summed E-state index contributed by atoms with van der Waals surface area (Å²) in [5, 5.41) is 11.1. The molecule has 0 atom stereocenters. The number of hydrogen-bond acceptors (Lipinski definition) is 4. The van der Waals surface area contributed by atoms with E-state index in [2.05, 4.69) is 4.72 Å². The van der Waals surface area contributed by atoms with E-state index >= 15 is 0 Å². The van der Waals surface area contributed by atoms with Crippen molar-refractivity contribution in [1.82, 2.24) is 0 Å². The fourth-order valence-electron chi connectivity index (χ4n) is 2.53. The van der Waals surface area contributed by atoms with Crippen LogP contribution in [0.25, 0.3) is 0 Å². The van der Waals surface area contributed by atoms with Gasteiger partial charge in [0, 0.05) is 5.56 Å². The van der Waals surface area contributed by atoms with Crippen LogP contribution < -0.4 is 9.83 Å². The van der Waals surface area contributed by atoms with Gasteiger partial charge in [-0.2, -0.15) is 0 Å². The van der Waals surface area contributed by atoms with Gasteiger partial charge in [0.05, 0.1) is 16.6 Å². The number of carboxylic acids is 1. The van der Waals surface area contributed by atoms with E-state index in [9.17, 15) is 18.3 Å². The van der Waals surface area contributed by atoms with Crippen LogP contribution in [-0.4, -0.2) is 14.4 Å². The topological polar surface area (TPSA) is 86.3 Å². The van der Waals surface area contributed by atoms with Crippen LogP contribution in [0, 0.1) is 27.7 Å². The molecule has 0 amide bonds. The third-order valence-electron chi connectivity index (χ3n) is 3.96. The molecule has 0 spiro atoms. The van der Waals surface area contributed by atoms with Gasteiger partial charge in [-0.1, -0.05) is 24.3 Å². The zero-order valence-corrected chi connectivity index (χ0v) is 14.2. The summed E-state index contributed by atoms with van der Waals surface area (Å²) < 4.78 is 28.0. The van der Waals surface area contributed by atoms with Crippen LogP contribution in [0.15, 0.2) is 35.2 Å². The first-order chi connectivity index (χ1) is 10.6. The zero-order valence-electron chi connectivity index (χ0n) is 13.4. The Hall–Kier alpha value is -2.34. The van der Waals surface area contributed by atoms with Crippen LogP contribution in [0.1, 0.15) is 32.6 Å². The molecule has 0 aromatic heterocycles. The Morgan fingerprint density at radius 2 is 1.52 bits per heavy atom. The lowest BCUT2D eigenvalue weighted by molar-refractivity contribution is -0.254. The van der Waals surface area contributed by atoms with Crippen molar-refractivity contribution in [3.63, 3.8) is 0 Å². The lowest BCUT2D eigenvalue weighted by Crippen LogP contribution is -2.25. The Morgan fingerprint density at radius 3 is 2.04 bits per heavy atom. The van der Waals surface area contributed by atoms with Crippen molar-refractivity contribution < 1.29 is 18.3 Å². The van der Waals surface area contributed by atoms with Crippen LogP contribution in [-0.2, 0) is 10.0 Å². The molecule has 5 nitrogen and oxygen atoms in total. The third-order valence-corrected chi connectivity index (χ3v) is 5.60. The molecule has 2 aromatic carbocycles. The van der Waals surface area contributed by atoms with Crippen LogP contribution in [0.5, 0.6) is 0 Å². The van der Waals surface area contributed by atoms with Crippen molar-refractivity contribution in [3.8, 4) is 0 Å². The first kappa shape index (κ1) is 17.0. The second-order valence-electron chi connectivity index (χ2n) is 5.53. The number of sulfonamides is 1. The fourth-order valence-corrected chi connectivity index (χ4v) is 4.23. The summed E-state index contributed by atoms with van der Waals surface area (Å²) in [6, 6.07) is 7.70. The number of aryl methyl sites for hydroxylation is 2. The molecule has 0 saturated heterocycles. The number of anilines is 1. The van der Waals surface area contributed by atoms with E-state index < -0.39 is 16.0 Å². The first-order valence-corrected chi connectivity index (χ1v) is 8.54. The van der Waals surface area contributed by atoms with Crippen LogP contribution >= 0.6 is 0 Å². The molecule has 0 aliphatic carbocycles. The molecule has 0 aliphatic rings. The Morgan fingerprint density at radius 1 is 1.00 bits per heavy atom. The predicted octanol–water partition coefficient (Wildman–Crippen LogP) is 2.08. The van der Waals surface area contributed by atoms with Gasteiger partial charge < -0.3 is 9.90 Å². The molecule has 0 unspecified atom stereocenters. The van der Waals surface area contributed by atoms with E-state index in [1.807, 2.05) is 19.9 Å². The largest absolute Gasteiger partial charge is 0.545 e. The average molecular weight is 332 g/mol. The second kappa shape index (κ2) is 6.04. The third kappa shape index (κ3) is 3.22. The first-order valence-electron chi connectivity index (χ1n) is 7.05. The van der Waals surface area contributed by atoms with E-state index in [0.29, 0.717) is 11.1 Å². The molecule has 1 N–H and O–H groups in total. The highest BCUT2D eigenvalue weighted by Crippen LogP contribution is 2.28. The van der Waals surface area contributed by atoms with Crippen LogP contribution in [0.2, 0.25) is 0 Å². The van der Waals surface area contributed by atoms with Gasteiger partial charge in [-0.25, -0.2) is 8.42 Å². The molecular formula is C17H18NO4S-. The molecule has 0 heterocycles. The molecule has 122 valence electrons. The van der Waals surface area contributed by atoms with E-state index in [4.69, 9.17) is 0 Å². The maximum atomic E-state index is 12.8. The van der Waals surface area contributed by atoms with Gasteiger partial charge in [0.1, 0.15) is 0 Å². The Balaban J connectivity index is 2.60. The molecule has 23 heavy (non-hydrogen) atoms. The number of nitrogens with one attached hydrogen (secondary N) is 1. The number of para-hydroxylation sites is 1. The Bertz CT molecular complexity index is 859. The van der Waals surface area contributed by atoms with Gasteiger partial charge >= 0.3 is 0 Å². The SMILES string of the molecule is Cc1cc(C)c(C)c(S(=O)(=O)Nc2ccccc2C(=O)[O-])c1C. The standard InChI is InChI=1S/C17H19NO4S/c1-10-9-11(2)13(4)16(12(10)3)23(21,22)18-15-8-6-5-7-14(15)17(19)20/h5-9,18H,1-4H3,(H,19,20)/p-1. The summed E-state index contributed by atoms with van der Waals surface area (Å²) in [7, 11) is -3.92. The highest BCUT2D eigenvalue weighted by molar-refractivity contribution is 7.92. The summed E-state index contributed by atoms with van der Waals surface area (Å²) in [6.45, 7) is 7.16. The van der Waals surface area contributed by atoms with E-state index in [1.54, 1.807) is 19.9 Å². The monoisotopic (exact) mass is 332 g/mol. The van der Waals surface area contributed by atoms with Crippen LogP contribution in [0.3, 0.4) is 0 Å². The molecule has 0 aliphatic heterocycles. The van der Waals surface area contributed by atoms with Crippen molar-refractivity contribution in [1.29, 1.82) is 0 Å². The number of carbonyl (C=O) groups is 1. The summed E-state index contributed by atoms with van der Waals surface area (Å²) >= 11 is 0. The zero-order chi connectivity index (χ0) is 17.4. The van der Waals surface area contributed by atoms with Gasteiger partial charge in [0.2, 0.25) is 0 Å². The number of aromatic carboxylic acids is 1. The molecule has 0 radical (unpaired) electrons. The Labute approximate surface area is 136 Å². The smallest absolute Gasteiger partial charge is 0.262 e. The molecule has 2 rings (SSSR count). The maximum Gasteiger partial charge on any atom is 0.262 e. The predicted molar refractivity (Wildman–Crippen MR) is 87.0 cm³/mol. The van der Waals surface area contributed by atoms with E-state index in [0.717, 1.165) is 11.1 Å². The van der Waals surface area contributed by atoms with Crippen molar-refractivity contribution in [2.24, 2.45) is 0 Å². The molecular weight excluding hydrogens is 314 g/mol. The highest BCUT2D eigenvalue weighted by atomic mass is 32.2. The Kier molecular flexibility index (Phi) is 4.47. The summed E-state index contributed by atoms with van der Waals surface area (Å²) in [4.78, 5) is 11.3. The molecule has 2 aromatic rings. The maximum absolute atomic E-state index is 12.8. The minimum Gasteiger partial charge on any atom is -0.545 e. The normalized spacial score (nSPS) is 11.3. The van der Waals surface area contributed by atoms with Gasteiger partial charge in [0.15, 0.2) is 0 Å². The summed E-state index contributed by atoms with van der Waals surface area (Å²) in [5.41, 5.74) is 2.81. The van der Waals surface area contributed by atoms with Crippen molar-refractivity contribution >= 4 is 21.7 Å². The van der Waals surface area contributed by atoms with Gasteiger partial charge in [-0.15, -0.1) is 0 Å². The number of benzene rings is 2. The summed E-state index contributed by atoms with van der Waals surface area (Å²) in [6.07, 6.45) is 0. The van der Waals surface area contributed by atoms with E-state index in [1.165, 1.54) is 18.2 Å². The second-order valence-corrected chi connectivity index (χ2v) is 7.15. The van der Waals surface area contributed by atoms with Gasteiger partial charge in [-0.3, -0.25) is 4.72 Å². The molecule has 6 heteroatoms. The number of rotatable bonds is 4. The van der Waals surface area contributed by atoms with E-state index in [-0.39, 0.29) is 16.1 Å². The number of hydrogen-bond donors (Lipinski definition) is 1. The van der Waals surface area contributed by atoms with Crippen molar-refractivity contribution in [3.05, 3.63) is 58.1 Å². The van der Waals surface area contributed by atoms with Gasteiger partial charge in [0.25, 0.3) is 10.0 Å². The molecule has 0 fully saturated rings. The number of carboxylic acid groups (broad SMARTS) is 1. The number of carbonyl (C=O) groups excluding carboxylic acids is 1. The fraction of sp³-hybridized carbons (Fsp3) is 0.235. The molecule has 0 saturated carbocycles.